The summed E-state index contributed by atoms with van der Waals surface area (Å²) in [4.78, 5) is 19.7. The number of carbonyl (C=O) groups is 2. The van der Waals surface area contributed by atoms with E-state index in [-0.39, 0.29) is 44.8 Å². The van der Waals surface area contributed by atoms with E-state index in [4.69, 9.17) is 10.2 Å². The fourth-order valence-corrected chi connectivity index (χ4v) is 0.409. The predicted molar refractivity (Wildman–Crippen MR) is 32.7 cm³/mol. The van der Waals surface area contributed by atoms with Crippen molar-refractivity contribution in [1.29, 1.82) is 0 Å². The second-order valence-corrected chi connectivity index (χ2v) is 2.08. The van der Waals surface area contributed by atoms with Crippen LogP contribution in [0.15, 0.2) is 0 Å². The topological polar surface area (TPSA) is 74.6 Å². The number of rotatable bonds is 3. The Morgan fingerprint density at radius 3 is 1.73 bits per heavy atom. The van der Waals surface area contributed by atoms with Crippen molar-refractivity contribution in [2.45, 2.75) is 11.7 Å². The maximum Gasteiger partial charge on any atom is 0.316 e. The Morgan fingerprint density at radius 2 is 1.64 bits per heavy atom. The molecule has 0 aromatic rings. The molecule has 74 valence electrons. The van der Waals surface area contributed by atoms with Crippen LogP contribution in [0.25, 0.3) is 0 Å². The van der Waals surface area contributed by atoms with Crippen molar-refractivity contribution in [3.05, 3.63) is 0 Å². The molecule has 0 bridgehead atoms. The standard InChI is InChI=1S/C4H6O4S.2Au/c5-3(6)1-2(9)4(7)8;;/h2,9H,1H2,(H,5,6)(H,7,8);;. The van der Waals surface area contributed by atoms with Crippen LogP contribution in [0.1, 0.15) is 6.42 Å². The van der Waals surface area contributed by atoms with E-state index in [1.807, 2.05) is 0 Å². The van der Waals surface area contributed by atoms with Crippen molar-refractivity contribution >= 4 is 24.6 Å². The number of aliphatic carboxylic acids is 2. The molecule has 7 heteroatoms. The van der Waals surface area contributed by atoms with Crippen LogP contribution in [0.4, 0.5) is 0 Å². The average molecular weight is 544 g/mol. The minimum absolute atomic E-state index is 0. The van der Waals surface area contributed by atoms with E-state index >= 15 is 0 Å². The van der Waals surface area contributed by atoms with Crippen molar-refractivity contribution in [3.8, 4) is 0 Å². The van der Waals surface area contributed by atoms with Gasteiger partial charge in [0.05, 0.1) is 6.42 Å². The summed E-state index contributed by atoms with van der Waals surface area (Å²) in [6.45, 7) is 0. The smallest absolute Gasteiger partial charge is 0.316 e. The van der Waals surface area contributed by atoms with Gasteiger partial charge in [-0.15, -0.1) is 0 Å². The van der Waals surface area contributed by atoms with Crippen LogP contribution in [-0.4, -0.2) is 27.4 Å². The number of carboxylic acid groups (broad SMARTS) is 2. The number of carboxylic acids is 2. The second kappa shape index (κ2) is 8.86. The first kappa shape index (κ1) is 17.8. The van der Waals surface area contributed by atoms with Gasteiger partial charge >= 0.3 is 11.9 Å². The first-order valence-electron chi connectivity index (χ1n) is 2.16. The van der Waals surface area contributed by atoms with Crippen LogP contribution in [0.2, 0.25) is 0 Å². The molecule has 0 aliphatic rings. The van der Waals surface area contributed by atoms with Gasteiger partial charge in [0.15, 0.2) is 0 Å². The Balaban J connectivity index is -0.000000320. The quantitative estimate of drug-likeness (QED) is 0.342. The van der Waals surface area contributed by atoms with Gasteiger partial charge in [0.2, 0.25) is 0 Å². The Hall–Kier alpha value is 0.771. The molecule has 0 rings (SSSR count). The van der Waals surface area contributed by atoms with E-state index < -0.39 is 23.6 Å². The zero-order chi connectivity index (χ0) is 7.44. The van der Waals surface area contributed by atoms with Crippen molar-refractivity contribution in [1.82, 2.24) is 0 Å². The number of thiol groups is 1. The molecule has 0 aromatic carbocycles. The average Bonchev–Trinajstić information content (AvgIpc) is 1.63. The van der Waals surface area contributed by atoms with Gasteiger partial charge < -0.3 is 10.2 Å². The molecule has 0 saturated heterocycles. The number of hydrogen-bond acceptors (Lipinski definition) is 3. The Morgan fingerprint density at radius 1 is 1.27 bits per heavy atom. The van der Waals surface area contributed by atoms with Gasteiger partial charge in [-0.2, -0.15) is 12.6 Å². The van der Waals surface area contributed by atoms with Gasteiger partial charge in [-0.1, -0.05) is 0 Å². The van der Waals surface area contributed by atoms with Crippen LogP contribution >= 0.6 is 12.6 Å². The van der Waals surface area contributed by atoms with Gasteiger partial charge in [0.25, 0.3) is 0 Å². The molecule has 0 fully saturated rings. The summed E-state index contributed by atoms with van der Waals surface area (Å²) in [6, 6.07) is 0. The second-order valence-electron chi connectivity index (χ2n) is 1.45. The number of hydrogen-bond donors (Lipinski definition) is 3. The molecule has 4 nitrogen and oxygen atoms in total. The summed E-state index contributed by atoms with van der Waals surface area (Å²) in [5.74, 6) is -2.36. The molecule has 2 N–H and O–H groups in total. The van der Waals surface area contributed by atoms with E-state index in [9.17, 15) is 9.59 Å². The molecular formula is C4H6Au2O4S. The Bertz CT molecular complexity index is 140. The van der Waals surface area contributed by atoms with Crippen LogP contribution in [0.5, 0.6) is 0 Å². The summed E-state index contributed by atoms with van der Waals surface area (Å²) in [5.41, 5.74) is 0. The van der Waals surface area contributed by atoms with Crippen LogP contribution in [0.3, 0.4) is 0 Å². The van der Waals surface area contributed by atoms with E-state index in [1.54, 1.807) is 0 Å². The largest absolute Gasteiger partial charge is 0.481 e. The fraction of sp³-hybridized carbons (Fsp3) is 0.500. The Kier molecular flexibility index (Phi) is 14.3. The normalized spacial score (nSPS) is 10.3. The van der Waals surface area contributed by atoms with Crippen molar-refractivity contribution < 1.29 is 64.6 Å². The predicted octanol–water partition coefficient (Wildman–Crippen LogP) is -0.161. The molecule has 11 heavy (non-hydrogen) atoms. The maximum atomic E-state index is 9.90. The minimum Gasteiger partial charge on any atom is -0.481 e. The molecule has 0 aliphatic heterocycles. The molecule has 0 saturated carbocycles. The van der Waals surface area contributed by atoms with Crippen molar-refractivity contribution in [2.24, 2.45) is 0 Å². The van der Waals surface area contributed by atoms with Crippen LogP contribution < -0.4 is 0 Å². The first-order valence-corrected chi connectivity index (χ1v) is 2.68. The third-order valence-electron chi connectivity index (χ3n) is 0.653. The molecule has 1 atom stereocenters. The zero-order valence-electron chi connectivity index (χ0n) is 5.05. The molecule has 0 heterocycles. The van der Waals surface area contributed by atoms with E-state index in [1.165, 1.54) is 0 Å². The molecular weight excluding hydrogens is 538 g/mol. The third kappa shape index (κ3) is 10.8. The van der Waals surface area contributed by atoms with Crippen LogP contribution in [-0.2, 0) is 54.3 Å². The molecule has 0 aliphatic carbocycles. The summed E-state index contributed by atoms with van der Waals surface area (Å²) < 4.78 is 0. The van der Waals surface area contributed by atoms with Gasteiger partial charge in [-0.25, -0.2) is 0 Å². The molecule has 0 amide bonds. The van der Waals surface area contributed by atoms with Crippen LogP contribution in [0, 0.1) is 0 Å². The minimum atomic E-state index is -1.21. The molecule has 0 aromatic heterocycles. The van der Waals surface area contributed by atoms with Crippen molar-refractivity contribution in [2.75, 3.05) is 0 Å². The summed E-state index contributed by atoms with van der Waals surface area (Å²) in [5, 5.41) is 15.0. The van der Waals surface area contributed by atoms with Gasteiger partial charge in [-0.3, -0.25) is 9.59 Å². The van der Waals surface area contributed by atoms with E-state index in [0.29, 0.717) is 0 Å². The molecule has 1 unspecified atom stereocenters. The summed E-state index contributed by atoms with van der Waals surface area (Å²) in [7, 11) is 0. The molecule has 0 spiro atoms. The third-order valence-corrected chi connectivity index (χ3v) is 1.06. The van der Waals surface area contributed by atoms with Gasteiger partial charge in [-0.05, 0) is 0 Å². The Labute approximate surface area is 100 Å². The van der Waals surface area contributed by atoms with Gasteiger partial charge in [0.1, 0.15) is 5.25 Å². The molecule has 2 radical (unpaired) electrons. The summed E-state index contributed by atoms with van der Waals surface area (Å²) >= 11 is 3.48. The monoisotopic (exact) mass is 544 g/mol. The first-order chi connectivity index (χ1) is 4.04. The van der Waals surface area contributed by atoms with E-state index in [0.717, 1.165) is 0 Å². The van der Waals surface area contributed by atoms with Gasteiger partial charge in [0, 0.05) is 44.8 Å². The van der Waals surface area contributed by atoms with Crippen molar-refractivity contribution in [3.63, 3.8) is 0 Å². The summed E-state index contributed by atoms with van der Waals surface area (Å²) in [6.07, 6.45) is -0.446. The zero-order valence-corrected chi connectivity index (χ0v) is 10.3. The fourth-order valence-electron chi connectivity index (χ4n) is 0.253. The SMILES string of the molecule is O=C(O)CC(S)C(=O)O.[Au].[Au]. The maximum absolute atomic E-state index is 9.90. The van der Waals surface area contributed by atoms with E-state index in [2.05, 4.69) is 12.6 Å².